The Hall–Kier alpha value is -3.12. The first-order valence-corrected chi connectivity index (χ1v) is 18.2. The summed E-state index contributed by atoms with van der Waals surface area (Å²) in [6, 6.07) is 28.9. The Morgan fingerprint density at radius 2 is 0.396 bits per heavy atom. The molecule has 0 aliphatic heterocycles. The van der Waals surface area contributed by atoms with Gasteiger partial charge >= 0.3 is 0 Å². The molecule has 48 heavy (non-hydrogen) atoms. The van der Waals surface area contributed by atoms with Crippen molar-refractivity contribution in [2.24, 2.45) is 0 Å². The lowest BCUT2D eigenvalue weighted by molar-refractivity contribution is 0.530. The second-order valence-corrected chi connectivity index (χ2v) is 20.6. The first-order valence-electron chi connectivity index (χ1n) is 18.2. The van der Waals surface area contributed by atoms with E-state index in [0.29, 0.717) is 0 Å². The summed E-state index contributed by atoms with van der Waals surface area (Å²) in [7, 11) is 0. The van der Waals surface area contributed by atoms with Crippen LogP contribution in [0.5, 0.6) is 0 Å². The van der Waals surface area contributed by atoms with Crippen LogP contribution in [0.1, 0.15) is 158 Å². The molecular formula is C48H66. The minimum Gasteiger partial charge on any atom is -0.0576 e. The number of rotatable bonds is 3. The molecule has 0 N–H and O–H groups in total. The summed E-state index contributed by atoms with van der Waals surface area (Å²) in [6.07, 6.45) is 0. The van der Waals surface area contributed by atoms with E-state index in [4.69, 9.17) is 0 Å². The Morgan fingerprint density at radius 1 is 0.208 bits per heavy atom. The van der Waals surface area contributed by atoms with Crippen molar-refractivity contribution < 1.29 is 0 Å². The van der Waals surface area contributed by atoms with E-state index in [1.165, 1.54) is 66.8 Å². The zero-order valence-corrected chi connectivity index (χ0v) is 33.9. The van der Waals surface area contributed by atoms with Crippen LogP contribution in [-0.4, -0.2) is 0 Å². The van der Waals surface area contributed by atoms with Gasteiger partial charge in [0.1, 0.15) is 0 Å². The lowest BCUT2D eigenvalue weighted by Gasteiger charge is -2.31. The summed E-state index contributed by atoms with van der Waals surface area (Å²) in [5.41, 5.74) is 16.5. The van der Waals surface area contributed by atoms with E-state index in [0.717, 1.165) is 0 Å². The molecule has 0 saturated carbocycles. The molecule has 0 amide bonds. The molecule has 0 spiro atoms. The predicted octanol–water partition coefficient (Wildman–Crippen LogP) is 14.5. The van der Waals surface area contributed by atoms with Gasteiger partial charge in [-0.05, 0) is 117 Å². The van der Waals surface area contributed by atoms with Crippen LogP contribution in [0, 0.1) is 0 Å². The fraction of sp³-hybridized carbons (Fsp3) is 0.500. The van der Waals surface area contributed by atoms with Crippen LogP contribution < -0.4 is 0 Å². The lowest BCUT2D eigenvalue weighted by Crippen LogP contribution is -2.22. The van der Waals surface area contributed by atoms with Gasteiger partial charge in [-0.3, -0.25) is 0 Å². The molecule has 0 unspecified atom stereocenters. The van der Waals surface area contributed by atoms with Crippen LogP contribution in [0.4, 0.5) is 0 Å². The van der Waals surface area contributed by atoms with E-state index in [2.05, 4.69) is 197 Å². The Morgan fingerprint density at radius 3 is 0.562 bits per heavy atom. The first kappa shape index (κ1) is 37.7. The van der Waals surface area contributed by atoms with Crippen molar-refractivity contribution in [3.63, 3.8) is 0 Å². The molecule has 4 aromatic rings. The highest BCUT2D eigenvalue weighted by Gasteiger charge is 2.28. The van der Waals surface area contributed by atoms with Crippen molar-refractivity contribution in [2.75, 3.05) is 0 Å². The molecule has 258 valence electrons. The third-order valence-corrected chi connectivity index (χ3v) is 9.84. The molecule has 4 aromatic carbocycles. The Balaban J connectivity index is 2.08. The maximum absolute atomic E-state index is 2.47. The van der Waals surface area contributed by atoms with E-state index >= 15 is 0 Å². The van der Waals surface area contributed by atoms with Crippen LogP contribution in [-0.2, 0) is 32.5 Å². The smallest absolute Gasteiger partial charge is 0.0129 e. The van der Waals surface area contributed by atoms with Gasteiger partial charge in [0.15, 0.2) is 0 Å². The van der Waals surface area contributed by atoms with E-state index < -0.39 is 0 Å². The van der Waals surface area contributed by atoms with E-state index in [1.807, 2.05) is 0 Å². The highest BCUT2D eigenvalue weighted by atomic mass is 14.3. The largest absolute Gasteiger partial charge is 0.0576 e. The summed E-state index contributed by atoms with van der Waals surface area (Å²) < 4.78 is 0. The number of benzene rings is 4. The van der Waals surface area contributed by atoms with Gasteiger partial charge in [0, 0.05) is 0 Å². The van der Waals surface area contributed by atoms with E-state index in [-0.39, 0.29) is 32.5 Å². The lowest BCUT2D eigenvalue weighted by atomic mass is 9.73. The molecule has 0 radical (unpaired) electrons. The number of hydrogen-bond acceptors (Lipinski definition) is 0. The highest BCUT2D eigenvalue weighted by Crippen LogP contribution is 2.42. The molecule has 0 aromatic heterocycles. The zero-order chi connectivity index (χ0) is 36.4. The molecule has 0 aliphatic carbocycles. The van der Waals surface area contributed by atoms with Gasteiger partial charge in [-0.15, -0.1) is 0 Å². The van der Waals surface area contributed by atoms with Crippen molar-refractivity contribution in [2.45, 2.75) is 157 Å². The summed E-state index contributed by atoms with van der Waals surface area (Å²) in [5.74, 6) is 0. The molecule has 0 nitrogen and oxygen atoms in total. The third kappa shape index (κ3) is 8.18. The van der Waals surface area contributed by atoms with Gasteiger partial charge in [-0.2, -0.15) is 0 Å². The fourth-order valence-corrected chi connectivity index (χ4v) is 7.12. The molecule has 0 aliphatic rings. The van der Waals surface area contributed by atoms with Crippen molar-refractivity contribution in [1.82, 2.24) is 0 Å². The first-order chi connectivity index (χ1) is 21.6. The average molecular weight is 643 g/mol. The molecule has 0 heterocycles. The standard InChI is InChI=1S/C48H66/c1-43(2,3)37-22-19-31(28-40(37)46(10,11)12)34-25-35(32-20-23-38(44(4,5)6)41(29-32)47(13,14)15)27-36(26-34)33-21-24-39(45(7,8)9)42(30-33)48(16,17)18/h19-30H,1-18H3. The monoisotopic (exact) mass is 643 g/mol. The van der Waals surface area contributed by atoms with Crippen molar-refractivity contribution >= 4 is 0 Å². The summed E-state index contributed by atoms with van der Waals surface area (Å²) in [6.45, 7) is 42.1. The van der Waals surface area contributed by atoms with Gasteiger partial charge < -0.3 is 0 Å². The Kier molecular flexibility index (Phi) is 9.69. The fourth-order valence-electron chi connectivity index (χ4n) is 7.12. The van der Waals surface area contributed by atoms with E-state index in [1.54, 1.807) is 0 Å². The minimum atomic E-state index is 0.0356. The summed E-state index contributed by atoms with van der Waals surface area (Å²) in [4.78, 5) is 0. The molecule has 0 fully saturated rings. The van der Waals surface area contributed by atoms with Crippen LogP contribution in [0.25, 0.3) is 33.4 Å². The van der Waals surface area contributed by atoms with Gasteiger partial charge in [0.05, 0.1) is 0 Å². The Bertz CT molecular complexity index is 1560. The van der Waals surface area contributed by atoms with Crippen LogP contribution >= 0.6 is 0 Å². The second-order valence-electron chi connectivity index (χ2n) is 20.6. The third-order valence-electron chi connectivity index (χ3n) is 9.84. The van der Waals surface area contributed by atoms with Crippen molar-refractivity contribution in [1.29, 1.82) is 0 Å². The van der Waals surface area contributed by atoms with Crippen LogP contribution in [0.3, 0.4) is 0 Å². The molecular weight excluding hydrogens is 577 g/mol. The average Bonchev–Trinajstić information content (AvgIpc) is 2.93. The second kappa shape index (κ2) is 12.3. The van der Waals surface area contributed by atoms with Crippen LogP contribution in [0.15, 0.2) is 72.8 Å². The molecule has 0 atom stereocenters. The molecule has 4 rings (SSSR count). The maximum Gasteiger partial charge on any atom is -0.0129 e. The summed E-state index contributed by atoms with van der Waals surface area (Å²) in [5, 5.41) is 0. The van der Waals surface area contributed by atoms with Crippen LogP contribution in [0.2, 0.25) is 0 Å². The van der Waals surface area contributed by atoms with Crippen molar-refractivity contribution in [3.05, 3.63) is 106 Å². The highest BCUT2D eigenvalue weighted by molar-refractivity contribution is 5.82. The molecule has 0 bridgehead atoms. The van der Waals surface area contributed by atoms with Gasteiger partial charge in [-0.1, -0.05) is 179 Å². The van der Waals surface area contributed by atoms with Gasteiger partial charge in [0.2, 0.25) is 0 Å². The molecule has 0 heteroatoms. The van der Waals surface area contributed by atoms with Gasteiger partial charge in [-0.25, -0.2) is 0 Å². The number of hydrogen-bond donors (Lipinski definition) is 0. The van der Waals surface area contributed by atoms with Gasteiger partial charge in [0.25, 0.3) is 0 Å². The normalized spacial score (nSPS) is 13.6. The van der Waals surface area contributed by atoms with E-state index in [9.17, 15) is 0 Å². The summed E-state index contributed by atoms with van der Waals surface area (Å²) >= 11 is 0. The minimum absolute atomic E-state index is 0.0356. The SMILES string of the molecule is CC(C)(C)c1ccc(-c2cc(-c3ccc(C(C)(C)C)c(C(C)(C)C)c3)cc(-c3ccc(C(C)(C)C)c(C(C)(C)C)c3)c2)cc1C(C)(C)C. The molecule has 0 saturated heterocycles. The zero-order valence-electron chi connectivity index (χ0n) is 33.9. The maximum atomic E-state index is 2.47. The quantitative estimate of drug-likeness (QED) is 0.209. The topological polar surface area (TPSA) is 0 Å². The van der Waals surface area contributed by atoms with Crippen molar-refractivity contribution in [3.8, 4) is 33.4 Å². The Labute approximate surface area is 295 Å². The predicted molar refractivity (Wildman–Crippen MR) is 215 cm³/mol.